The van der Waals surface area contributed by atoms with Gasteiger partial charge in [0.2, 0.25) is 0 Å². The number of anilines is 1. The van der Waals surface area contributed by atoms with Crippen LogP contribution in [0.1, 0.15) is 69.9 Å². The van der Waals surface area contributed by atoms with E-state index in [1.165, 1.54) is 95.3 Å². The maximum atomic E-state index is 4.42. The molecule has 2 aliphatic heterocycles. The van der Waals surface area contributed by atoms with Crippen LogP contribution in [0.2, 0.25) is 0 Å². The molecule has 3 rings (SSSR count). The van der Waals surface area contributed by atoms with Crippen LogP contribution in [-0.4, -0.2) is 57.2 Å². The first-order chi connectivity index (χ1) is 14.3. The average Bonchev–Trinajstić information content (AvgIpc) is 3.31. The van der Waals surface area contributed by atoms with Crippen LogP contribution in [0, 0.1) is 0 Å². The van der Waals surface area contributed by atoms with Gasteiger partial charge in [0.1, 0.15) is 0 Å². The van der Waals surface area contributed by atoms with E-state index in [0.29, 0.717) is 0 Å². The minimum Gasteiger partial charge on any atom is -0.372 e. The van der Waals surface area contributed by atoms with Crippen molar-refractivity contribution in [1.29, 1.82) is 0 Å². The van der Waals surface area contributed by atoms with Crippen molar-refractivity contribution in [2.45, 2.75) is 64.3 Å². The summed E-state index contributed by atoms with van der Waals surface area (Å²) in [5.41, 5.74) is 2.67. The third-order valence-corrected chi connectivity index (χ3v) is 6.31. The summed E-state index contributed by atoms with van der Waals surface area (Å²) in [4.78, 5) is 9.55. The molecular weight excluding hydrogens is 358 g/mol. The molecule has 0 saturated carbocycles. The second-order valence-electron chi connectivity index (χ2n) is 8.62. The number of guanidine groups is 1. The van der Waals surface area contributed by atoms with Crippen molar-refractivity contribution in [3.05, 3.63) is 29.8 Å². The zero-order valence-corrected chi connectivity index (χ0v) is 18.6. The first kappa shape index (κ1) is 21.9. The van der Waals surface area contributed by atoms with Gasteiger partial charge in [0.15, 0.2) is 5.96 Å². The second kappa shape index (κ2) is 12.1. The Morgan fingerprint density at radius 2 is 1.76 bits per heavy atom. The number of unbranched alkanes of at least 4 members (excludes halogenated alkanes) is 2. The van der Waals surface area contributed by atoms with Crippen LogP contribution in [-0.2, 0) is 0 Å². The summed E-state index contributed by atoms with van der Waals surface area (Å²) >= 11 is 0. The van der Waals surface area contributed by atoms with Gasteiger partial charge in [-0.15, -0.1) is 0 Å². The van der Waals surface area contributed by atoms with Crippen LogP contribution in [0.15, 0.2) is 29.3 Å². The van der Waals surface area contributed by atoms with Gasteiger partial charge in [0.25, 0.3) is 0 Å². The summed E-state index contributed by atoms with van der Waals surface area (Å²) in [5, 5.41) is 7.05. The predicted molar refractivity (Wildman–Crippen MR) is 125 cm³/mol. The fourth-order valence-electron chi connectivity index (χ4n) is 4.48. The van der Waals surface area contributed by atoms with Crippen LogP contribution < -0.4 is 15.5 Å². The Balaban J connectivity index is 1.35. The highest BCUT2D eigenvalue weighted by Gasteiger charge is 2.14. The summed E-state index contributed by atoms with van der Waals surface area (Å²) in [6, 6.07) is 9.20. The van der Waals surface area contributed by atoms with Crippen molar-refractivity contribution in [3.8, 4) is 0 Å². The van der Waals surface area contributed by atoms with E-state index in [-0.39, 0.29) is 6.04 Å². The molecule has 0 aromatic heterocycles. The summed E-state index contributed by atoms with van der Waals surface area (Å²) in [6.45, 7) is 9.47. The first-order valence-electron chi connectivity index (χ1n) is 11.8. The zero-order valence-electron chi connectivity index (χ0n) is 18.6. The molecule has 2 heterocycles. The molecule has 29 heavy (non-hydrogen) atoms. The highest BCUT2D eigenvalue weighted by molar-refractivity contribution is 5.80. The maximum absolute atomic E-state index is 4.42. The maximum Gasteiger partial charge on any atom is 0.191 e. The van der Waals surface area contributed by atoms with Crippen molar-refractivity contribution < 1.29 is 0 Å². The van der Waals surface area contributed by atoms with E-state index in [0.717, 1.165) is 12.5 Å². The van der Waals surface area contributed by atoms with Gasteiger partial charge in [-0.05, 0) is 82.8 Å². The van der Waals surface area contributed by atoms with E-state index in [4.69, 9.17) is 0 Å². The molecular formula is C24H41N5. The number of aliphatic imine (C=N–C) groups is 1. The third kappa shape index (κ3) is 7.22. The molecule has 0 spiro atoms. The number of hydrogen-bond donors (Lipinski definition) is 2. The van der Waals surface area contributed by atoms with Crippen LogP contribution in [0.25, 0.3) is 0 Å². The molecule has 0 amide bonds. The van der Waals surface area contributed by atoms with Gasteiger partial charge >= 0.3 is 0 Å². The van der Waals surface area contributed by atoms with E-state index >= 15 is 0 Å². The second-order valence-corrected chi connectivity index (χ2v) is 8.62. The summed E-state index contributed by atoms with van der Waals surface area (Å²) in [6.07, 6.45) is 10.6. The van der Waals surface area contributed by atoms with Gasteiger partial charge in [-0.25, -0.2) is 0 Å². The molecule has 162 valence electrons. The number of hydrogen-bond acceptors (Lipinski definition) is 3. The van der Waals surface area contributed by atoms with E-state index in [1.807, 2.05) is 7.05 Å². The Hall–Kier alpha value is -1.75. The lowest BCUT2D eigenvalue weighted by molar-refractivity contribution is 0.224. The number of nitrogens with one attached hydrogen (secondary N) is 2. The summed E-state index contributed by atoms with van der Waals surface area (Å²) < 4.78 is 0. The molecule has 0 aliphatic carbocycles. The van der Waals surface area contributed by atoms with Gasteiger partial charge in [-0.3, -0.25) is 4.99 Å². The molecule has 1 aromatic carbocycles. The minimum atomic E-state index is 0.239. The fraction of sp³-hybridized carbons (Fsp3) is 0.708. The van der Waals surface area contributed by atoms with Crippen LogP contribution >= 0.6 is 0 Å². The molecule has 0 bridgehead atoms. The van der Waals surface area contributed by atoms with Gasteiger partial charge in [0.05, 0.1) is 6.04 Å². The lowest BCUT2D eigenvalue weighted by atomic mass is 10.1. The summed E-state index contributed by atoms with van der Waals surface area (Å²) in [5.74, 6) is 0.903. The Morgan fingerprint density at radius 1 is 1.00 bits per heavy atom. The average molecular weight is 400 g/mol. The number of likely N-dealkylation sites (tertiary alicyclic amines) is 1. The Kier molecular flexibility index (Phi) is 9.13. The Labute approximate surface area is 178 Å². The molecule has 5 heteroatoms. The monoisotopic (exact) mass is 399 g/mol. The minimum absolute atomic E-state index is 0.239. The molecule has 1 atom stereocenters. The lowest BCUT2D eigenvalue weighted by Gasteiger charge is -2.26. The van der Waals surface area contributed by atoms with Crippen molar-refractivity contribution in [1.82, 2.24) is 15.5 Å². The van der Waals surface area contributed by atoms with Crippen molar-refractivity contribution in [2.24, 2.45) is 4.99 Å². The van der Waals surface area contributed by atoms with Gasteiger partial charge in [-0.1, -0.05) is 25.0 Å². The third-order valence-electron chi connectivity index (χ3n) is 6.31. The standard InChI is InChI=1S/C24H41N5/c1-21(22-12-11-13-23(20-22)29-18-9-10-19-29)27-24(25-2)26-14-5-3-6-15-28-16-7-4-8-17-28/h11-13,20-21H,3-10,14-19H2,1-2H3,(H2,25,26,27). The van der Waals surface area contributed by atoms with Crippen LogP contribution in [0.3, 0.4) is 0 Å². The van der Waals surface area contributed by atoms with E-state index in [9.17, 15) is 0 Å². The molecule has 2 saturated heterocycles. The lowest BCUT2D eigenvalue weighted by Crippen LogP contribution is -2.39. The quantitative estimate of drug-likeness (QED) is 0.372. The smallest absolute Gasteiger partial charge is 0.191 e. The highest BCUT2D eigenvalue weighted by Crippen LogP contribution is 2.23. The van der Waals surface area contributed by atoms with E-state index < -0.39 is 0 Å². The normalized spacial score (nSPS) is 19.4. The number of benzene rings is 1. The van der Waals surface area contributed by atoms with Gasteiger partial charge < -0.3 is 20.4 Å². The van der Waals surface area contributed by atoms with Crippen LogP contribution in [0.4, 0.5) is 5.69 Å². The van der Waals surface area contributed by atoms with E-state index in [2.05, 4.69) is 56.6 Å². The topological polar surface area (TPSA) is 42.9 Å². The number of piperidine rings is 1. The highest BCUT2D eigenvalue weighted by atomic mass is 15.2. The molecule has 0 radical (unpaired) electrons. The molecule has 2 fully saturated rings. The van der Waals surface area contributed by atoms with Crippen molar-refractivity contribution in [2.75, 3.05) is 51.2 Å². The van der Waals surface area contributed by atoms with E-state index in [1.54, 1.807) is 0 Å². The summed E-state index contributed by atoms with van der Waals surface area (Å²) in [7, 11) is 1.86. The Morgan fingerprint density at radius 3 is 2.52 bits per heavy atom. The molecule has 2 aliphatic rings. The van der Waals surface area contributed by atoms with Gasteiger partial charge in [-0.2, -0.15) is 0 Å². The number of rotatable bonds is 9. The van der Waals surface area contributed by atoms with Gasteiger partial charge in [0, 0.05) is 32.4 Å². The Bertz CT molecular complexity index is 617. The molecule has 5 nitrogen and oxygen atoms in total. The molecule has 2 N–H and O–H groups in total. The van der Waals surface area contributed by atoms with Crippen molar-refractivity contribution >= 4 is 11.6 Å². The first-order valence-corrected chi connectivity index (χ1v) is 11.8. The zero-order chi connectivity index (χ0) is 20.3. The van der Waals surface area contributed by atoms with Crippen molar-refractivity contribution in [3.63, 3.8) is 0 Å². The van der Waals surface area contributed by atoms with Crippen LogP contribution in [0.5, 0.6) is 0 Å². The molecule has 1 aromatic rings. The predicted octanol–water partition coefficient (Wildman–Crippen LogP) is 4.17. The molecule has 1 unspecified atom stereocenters. The fourth-order valence-corrected chi connectivity index (χ4v) is 4.48. The SMILES string of the molecule is CN=C(NCCCCCN1CCCCC1)NC(C)c1cccc(N2CCCC2)c1. The number of nitrogens with zero attached hydrogens (tertiary/aromatic N) is 3. The largest absolute Gasteiger partial charge is 0.372 e.